The fourth-order valence-electron chi connectivity index (χ4n) is 3.72. The summed E-state index contributed by atoms with van der Waals surface area (Å²) in [7, 11) is 0. The van der Waals surface area contributed by atoms with Gasteiger partial charge >= 0.3 is 0 Å². The third-order valence-corrected chi connectivity index (χ3v) is 4.75. The molecule has 0 bridgehead atoms. The minimum atomic E-state index is -0.152. The van der Waals surface area contributed by atoms with E-state index in [1.54, 1.807) is 0 Å². The average molecular weight is 289 g/mol. The lowest BCUT2D eigenvalue weighted by atomic mass is 9.87. The number of H-pyrrole nitrogens is 1. The Balaban J connectivity index is 1.91. The van der Waals surface area contributed by atoms with Crippen LogP contribution in [0.2, 0.25) is 0 Å². The molecule has 0 radical (unpaired) electrons. The lowest BCUT2D eigenvalue weighted by Gasteiger charge is -2.24. The highest BCUT2D eigenvalue weighted by Crippen LogP contribution is 2.36. The molecule has 5 heteroatoms. The topological polar surface area (TPSA) is 49.9 Å². The second-order valence-corrected chi connectivity index (χ2v) is 5.96. The summed E-state index contributed by atoms with van der Waals surface area (Å²) in [6.45, 7) is 3.36. The van der Waals surface area contributed by atoms with Gasteiger partial charge in [-0.1, -0.05) is 0 Å². The lowest BCUT2D eigenvalue weighted by Crippen LogP contribution is -2.27. The third-order valence-electron chi connectivity index (χ3n) is 4.75. The molecule has 4 nitrogen and oxygen atoms in total. The van der Waals surface area contributed by atoms with Gasteiger partial charge in [0.15, 0.2) is 0 Å². The van der Waals surface area contributed by atoms with Gasteiger partial charge in [-0.3, -0.25) is 0 Å². The van der Waals surface area contributed by atoms with Crippen LogP contribution in [0.15, 0.2) is 6.20 Å². The molecule has 112 valence electrons. The second-order valence-electron chi connectivity index (χ2n) is 5.96. The van der Waals surface area contributed by atoms with E-state index in [2.05, 4.69) is 15.3 Å². The van der Waals surface area contributed by atoms with Crippen molar-refractivity contribution in [2.75, 3.05) is 26.3 Å². The molecular weight excluding hydrogens is 269 g/mol. The summed E-state index contributed by atoms with van der Waals surface area (Å²) in [4.78, 5) is 7.67. The summed E-state index contributed by atoms with van der Waals surface area (Å²) >= 11 is 0. The van der Waals surface area contributed by atoms with Crippen LogP contribution in [0.3, 0.4) is 0 Å². The SMILES string of the molecule is Fc1cnc2[nH]c3c(c2c1C1CCNCC1)CCOCC3. The number of aromatic nitrogens is 2. The summed E-state index contributed by atoms with van der Waals surface area (Å²) in [6.07, 6.45) is 5.07. The Morgan fingerprint density at radius 2 is 2.00 bits per heavy atom. The fraction of sp³-hybridized carbons (Fsp3) is 0.562. The van der Waals surface area contributed by atoms with Crippen molar-refractivity contribution in [2.24, 2.45) is 0 Å². The van der Waals surface area contributed by atoms with Crippen molar-refractivity contribution in [1.29, 1.82) is 0 Å². The van der Waals surface area contributed by atoms with Crippen molar-refractivity contribution in [2.45, 2.75) is 31.6 Å². The number of aromatic amines is 1. The molecule has 2 N–H and O–H groups in total. The number of hydrogen-bond donors (Lipinski definition) is 2. The van der Waals surface area contributed by atoms with Gasteiger partial charge in [-0.25, -0.2) is 9.37 Å². The van der Waals surface area contributed by atoms with E-state index in [1.807, 2.05) is 0 Å². The number of rotatable bonds is 1. The molecule has 0 saturated carbocycles. The van der Waals surface area contributed by atoms with Crippen LogP contribution in [0.1, 0.15) is 35.6 Å². The van der Waals surface area contributed by atoms with E-state index in [4.69, 9.17) is 4.74 Å². The molecule has 1 fully saturated rings. The van der Waals surface area contributed by atoms with Gasteiger partial charge in [-0.15, -0.1) is 0 Å². The fourth-order valence-corrected chi connectivity index (χ4v) is 3.72. The maximum absolute atomic E-state index is 14.5. The largest absolute Gasteiger partial charge is 0.381 e. The maximum atomic E-state index is 14.5. The molecule has 21 heavy (non-hydrogen) atoms. The van der Waals surface area contributed by atoms with E-state index < -0.39 is 0 Å². The van der Waals surface area contributed by atoms with E-state index >= 15 is 0 Å². The Kier molecular flexibility index (Phi) is 3.39. The van der Waals surface area contributed by atoms with Gasteiger partial charge in [0.1, 0.15) is 11.5 Å². The molecule has 4 heterocycles. The Bertz CT molecular complexity index is 661. The van der Waals surface area contributed by atoms with Crippen LogP contribution < -0.4 is 5.32 Å². The minimum absolute atomic E-state index is 0.152. The molecule has 0 unspecified atom stereocenters. The number of ether oxygens (including phenoxy) is 1. The molecule has 0 atom stereocenters. The first-order valence-electron chi connectivity index (χ1n) is 7.81. The Hall–Kier alpha value is -1.46. The summed E-state index contributed by atoms with van der Waals surface area (Å²) in [5.41, 5.74) is 4.12. The first-order valence-corrected chi connectivity index (χ1v) is 7.81. The van der Waals surface area contributed by atoms with Gasteiger partial charge in [0, 0.05) is 23.1 Å². The van der Waals surface area contributed by atoms with Crippen molar-refractivity contribution in [3.8, 4) is 0 Å². The number of pyridine rings is 1. The molecule has 2 aromatic rings. The number of halogens is 1. The van der Waals surface area contributed by atoms with Crippen LogP contribution in [0.5, 0.6) is 0 Å². The highest BCUT2D eigenvalue weighted by atomic mass is 19.1. The molecule has 0 amide bonds. The van der Waals surface area contributed by atoms with E-state index in [-0.39, 0.29) is 5.82 Å². The van der Waals surface area contributed by atoms with Crippen molar-refractivity contribution in [1.82, 2.24) is 15.3 Å². The predicted molar refractivity (Wildman–Crippen MR) is 79.1 cm³/mol. The highest BCUT2D eigenvalue weighted by molar-refractivity contribution is 5.86. The van der Waals surface area contributed by atoms with Crippen LogP contribution in [0, 0.1) is 5.82 Å². The van der Waals surface area contributed by atoms with Crippen molar-refractivity contribution in [3.63, 3.8) is 0 Å². The number of piperidine rings is 1. The van der Waals surface area contributed by atoms with Crippen LogP contribution >= 0.6 is 0 Å². The van der Waals surface area contributed by atoms with E-state index in [9.17, 15) is 4.39 Å². The number of nitrogens with one attached hydrogen (secondary N) is 2. The summed E-state index contributed by atoms with van der Waals surface area (Å²) in [5, 5.41) is 4.38. The van der Waals surface area contributed by atoms with Gasteiger partial charge < -0.3 is 15.0 Å². The van der Waals surface area contributed by atoms with E-state index in [1.165, 1.54) is 17.5 Å². The smallest absolute Gasteiger partial charge is 0.145 e. The molecule has 0 spiro atoms. The molecule has 0 aliphatic carbocycles. The quantitative estimate of drug-likeness (QED) is 0.847. The molecule has 1 saturated heterocycles. The third kappa shape index (κ3) is 2.24. The first kappa shape index (κ1) is 13.2. The van der Waals surface area contributed by atoms with Gasteiger partial charge in [0.25, 0.3) is 0 Å². The van der Waals surface area contributed by atoms with Gasteiger partial charge in [-0.05, 0) is 43.8 Å². The van der Waals surface area contributed by atoms with E-state index in [0.717, 1.165) is 62.0 Å². The highest BCUT2D eigenvalue weighted by Gasteiger charge is 2.26. The van der Waals surface area contributed by atoms with Crippen LogP contribution in [-0.4, -0.2) is 36.3 Å². The lowest BCUT2D eigenvalue weighted by molar-refractivity contribution is 0.146. The normalized spacial score (nSPS) is 20.4. The van der Waals surface area contributed by atoms with Crippen molar-refractivity contribution >= 4 is 11.0 Å². The zero-order chi connectivity index (χ0) is 14.2. The molecule has 2 aliphatic heterocycles. The molecule has 2 aromatic heterocycles. The molecular formula is C16H20FN3O. The Morgan fingerprint density at radius 1 is 1.19 bits per heavy atom. The second kappa shape index (κ2) is 5.39. The Labute approximate surface area is 123 Å². The number of hydrogen-bond acceptors (Lipinski definition) is 3. The van der Waals surface area contributed by atoms with Gasteiger partial charge in [0.05, 0.1) is 19.4 Å². The molecule has 0 aromatic carbocycles. The summed E-state index contributed by atoms with van der Waals surface area (Å²) in [5.74, 6) is 0.141. The zero-order valence-electron chi connectivity index (χ0n) is 12.0. The van der Waals surface area contributed by atoms with Gasteiger partial charge in [0.2, 0.25) is 0 Å². The van der Waals surface area contributed by atoms with Crippen LogP contribution in [0.4, 0.5) is 4.39 Å². The monoisotopic (exact) mass is 289 g/mol. The Morgan fingerprint density at radius 3 is 2.86 bits per heavy atom. The molecule has 2 aliphatic rings. The van der Waals surface area contributed by atoms with Gasteiger partial charge in [-0.2, -0.15) is 0 Å². The molecule has 4 rings (SSSR count). The number of fused-ring (bicyclic) bond motifs is 3. The number of nitrogens with zero attached hydrogens (tertiary/aromatic N) is 1. The van der Waals surface area contributed by atoms with Crippen molar-refractivity contribution in [3.05, 3.63) is 28.8 Å². The average Bonchev–Trinajstić information content (AvgIpc) is 2.70. The van der Waals surface area contributed by atoms with E-state index in [0.29, 0.717) is 12.5 Å². The maximum Gasteiger partial charge on any atom is 0.145 e. The summed E-state index contributed by atoms with van der Waals surface area (Å²) < 4.78 is 20.1. The summed E-state index contributed by atoms with van der Waals surface area (Å²) in [6, 6.07) is 0. The van der Waals surface area contributed by atoms with Crippen LogP contribution in [-0.2, 0) is 17.6 Å². The standard InChI is InChI=1S/C16H20FN3O/c17-12-9-19-16-15(14(12)10-1-5-18-6-2-10)11-3-7-21-8-4-13(11)20-16/h9-10,18H,1-8H2,(H,19,20). The minimum Gasteiger partial charge on any atom is -0.381 e. The zero-order valence-corrected chi connectivity index (χ0v) is 12.0. The van der Waals surface area contributed by atoms with Crippen LogP contribution in [0.25, 0.3) is 11.0 Å². The first-order chi connectivity index (χ1) is 10.3. The predicted octanol–water partition coefficient (Wildman–Crippen LogP) is 2.28. The van der Waals surface area contributed by atoms with Crippen molar-refractivity contribution < 1.29 is 9.13 Å².